The fraction of sp³-hybridized carbons (Fsp3) is 0.222. The Morgan fingerprint density at radius 1 is 0.974 bits per heavy atom. The van der Waals surface area contributed by atoms with Crippen LogP contribution in [-0.2, 0) is 21.3 Å². The number of esters is 2. The molecular weight excluding hydrogens is 526 g/mol. The number of nitrogens with one attached hydrogen (secondary N) is 1. The predicted octanol–water partition coefficient (Wildman–Crippen LogP) is 3.65. The zero-order chi connectivity index (χ0) is 28.1. The lowest BCUT2D eigenvalue weighted by molar-refractivity contribution is -0.119. The Bertz CT molecular complexity index is 1630. The van der Waals surface area contributed by atoms with Gasteiger partial charge in [0.15, 0.2) is 23.8 Å². The molecule has 1 N–H and O–H groups in total. The van der Waals surface area contributed by atoms with E-state index in [4.69, 9.17) is 18.9 Å². The van der Waals surface area contributed by atoms with Crippen molar-refractivity contribution in [1.29, 1.82) is 0 Å². The molecule has 0 saturated heterocycles. The molecule has 0 bridgehead atoms. The number of aromatic nitrogens is 2. The van der Waals surface area contributed by atoms with E-state index >= 15 is 0 Å². The molecule has 4 rings (SSSR count). The Morgan fingerprint density at radius 3 is 2.38 bits per heavy atom. The second-order valence-corrected chi connectivity index (χ2v) is 8.97. The molecule has 11 nitrogen and oxygen atoms in total. The quantitative estimate of drug-likeness (QED) is 0.309. The summed E-state index contributed by atoms with van der Waals surface area (Å²) in [6.45, 7) is 1.16. The van der Waals surface area contributed by atoms with E-state index < -0.39 is 24.5 Å². The Balaban J connectivity index is 1.56. The first-order valence-corrected chi connectivity index (χ1v) is 12.6. The summed E-state index contributed by atoms with van der Waals surface area (Å²) in [5.41, 5.74) is 0.854. The Hall–Kier alpha value is -4.71. The molecule has 2 aromatic carbocycles. The fourth-order valence-corrected chi connectivity index (χ4v) is 4.86. The first kappa shape index (κ1) is 27.3. The number of hydrogen-bond acceptors (Lipinski definition) is 10. The van der Waals surface area contributed by atoms with E-state index in [1.54, 1.807) is 54.8 Å². The largest absolute Gasteiger partial charge is 0.493 e. The average Bonchev–Trinajstić information content (AvgIpc) is 3.36. The lowest BCUT2D eigenvalue weighted by Gasteiger charge is -2.12. The maximum Gasteiger partial charge on any atom is 0.359 e. The summed E-state index contributed by atoms with van der Waals surface area (Å²) in [5.74, 6) is -1.20. The van der Waals surface area contributed by atoms with Crippen LogP contribution in [0.2, 0.25) is 0 Å². The molecule has 0 spiro atoms. The Morgan fingerprint density at radius 2 is 1.69 bits per heavy atom. The SMILES string of the molecule is CCOC(=O)c1c(-c2ccc(OC)c(OC)c2)csc1NC(=O)COC(=O)c1nn(C)c(=O)c2ccccc12. The van der Waals surface area contributed by atoms with Gasteiger partial charge in [-0.15, -0.1) is 11.3 Å². The molecular formula is C27H25N3O8S. The third kappa shape index (κ3) is 5.60. The van der Waals surface area contributed by atoms with Gasteiger partial charge in [-0.2, -0.15) is 5.10 Å². The molecule has 0 aliphatic carbocycles. The van der Waals surface area contributed by atoms with Gasteiger partial charge in [0, 0.05) is 23.4 Å². The van der Waals surface area contributed by atoms with Gasteiger partial charge in [-0.05, 0) is 30.7 Å². The van der Waals surface area contributed by atoms with Gasteiger partial charge in [0.2, 0.25) is 0 Å². The van der Waals surface area contributed by atoms with E-state index in [2.05, 4.69) is 10.4 Å². The van der Waals surface area contributed by atoms with E-state index in [0.717, 1.165) is 16.0 Å². The summed E-state index contributed by atoms with van der Waals surface area (Å²) in [7, 11) is 4.44. The number of nitrogens with zero attached hydrogens (tertiary/aromatic N) is 2. The van der Waals surface area contributed by atoms with Crippen LogP contribution in [0.5, 0.6) is 11.5 Å². The van der Waals surface area contributed by atoms with E-state index in [1.807, 2.05) is 0 Å². The van der Waals surface area contributed by atoms with Crippen molar-refractivity contribution < 1.29 is 33.3 Å². The molecule has 1 amide bonds. The number of benzene rings is 2. The van der Waals surface area contributed by atoms with E-state index in [9.17, 15) is 19.2 Å². The lowest BCUT2D eigenvalue weighted by Crippen LogP contribution is -2.26. The summed E-state index contributed by atoms with van der Waals surface area (Å²) in [6, 6.07) is 11.7. The first-order valence-electron chi connectivity index (χ1n) is 11.7. The summed E-state index contributed by atoms with van der Waals surface area (Å²) >= 11 is 1.12. The van der Waals surface area contributed by atoms with Gasteiger partial charge in [-0.3, -0.25) is 9.59 Å². The molecule has 0 radical (unpaired) electrons. The van der Waals surface area contributed by atoms with Crippen molar-refractivity contribution in [1.82, 2.24) is 9.78 Å². The first-order chi connectivity index (χ1) is 18.8. The van der Waals surface area contributed by atoms with Gasteiger partial charge in [-0.1, -0.05) is 24.3 Å². The number of rotatable bonds is 9. The van der Waals surface area contributed by atoms with Crippen LogP contribution in [0.3, 0.4) is 0 Å². The molecule has 0 saturated carbocycles. The standard InChI is InChI=1S/C27H25N3O8S/c1-5-37-26(33)22-18(15-10-11-19(35-3)20(12-15)36-4)14-39-24(22)28-21(31)13-38-27(34)23-16-8-6-7-9-17(16)25(32)30(2)29-23/h6-12,14H,5,13H2,1-4H3,(H,28,31). The highest BCUT2D eigenvalue weighted by molar-refractivity contribution is 7.15. The number of carbonyl (C=O) groups is 3. The van der Waals surface area contributed by atoms with Crippen molar-refractivity contribution >= 4 is 45.0 Å². The van der Waals surface area contributed by atoms with Crippen molar-refractivity contribution in [2.75, 3.05) is 32.8 Å². The molecule has 202 valence electrons. The van der Waals surface area contributed by atoms with Gasteiger partial charge in [0.05, 0.1) is 26.2 Å². The molecule has 0 unspecified atom stereocenters. The molecule has 0 fully saturated rings. The molecule has 39 heavy (non-hydrogen) atoms. The van der Waals surface area contributed by atoms with Crippen molar-refractivity contribution in [3.05, 3.63) is 69.5 Å². The normalized spacial score (nSPS) is 10.7. The number of thiophene rings is 1. The van der Waals surface area contributed by atoms with Crippen LogP contribution in [-0.4, -0.2) is 55.1 Å². The van der Waals surface area contributed by atoms with E-state index in [-0.39, 0.29) is 28.4 Å². The monoisotopic (exact) mass is 551 g/mol. The molecule has 0 aliphatic heterocycles. The number of anilines is 1. The van der Waals surface area contributed by atoms with Crippen LogP contribution in [0.25, 0.3) is 21.9 Å². The van der Waals surface area contributed by atoms with Crippen LogP contribution in [0.1, 0.15) is 27.8 Å². The van der Waals surface area contributed by atoms with Gasteiger partial charge in [0.1, 0.15) is 10.6 Å². The number of aryl methyl sites for hydroxylation is 1. The minimum Gasteiger partial charge on any atom is -0.493 e. The number of amides is 1. The number of ether oxygens (including phenoxy) is 4. The average molecular weight is 552 g/mol. The number of carbonyl (C=O) groups excluding carboxylic acids is 3. The molecule has 4 aromatic rings. The molecule has 0 aliphatic rings. The lowest BCUT2D eigenvalue weighted by atomic mass is 10.0. The van der Waals surface area contributed by atoms with Gasteiger partial charge in [-0.25, -0.2) is 14.3 Å². The second-order valence-electron chi connectivity index (χ2n) is 8.09. The maximum absolute atomic E-state index is 12.9. The number of methoxy groups -OCH3 is 2. The minimum atomic E-state index is -0.875. The van der Waals surface area contributed by atoms with Crippen LogP contribution in [0, 0.1) is 0 Å². The van der Waals surface area contributed by atoms with Gasteiger partial charge in [0.25, 0.3) is 11.5 Å². The van der Waals surface area contributed by atoms with E-state index in [1.165, 1.54) is 21.3 Å². The molecule has 2 aromatic heterocycles. The Labute approximate surface area is 226 Å². The summed E-state index contributed by atoms with van der Waals surface area (Å²) < 4.78 is 22.1. The smallest absolute Gasteiger partial charge is 0.359 e. The fourth-order valence-electron chi connectivity index (χ4n) is 3.88. The minimum absolute atomic E-state index is 0.0976. The van der Waals surface area contributed by atoms with Crippen molar-refractivity contribution in [2.24, 2.45) is 7.05 Å². The van der Waals surface area contributed by atoms with Crippen LogP contribution in [0.15, 0.2) is 52.6 Å². The maximum atomic E-state index is 12.9. The second kappa shape index (κ2) is 11.8. The zero-order valence-corrected chi connectivity index (χ0v) is 22.4. The summed E-state index contributed by atoms with van der Waals surface area (Å²) in [4.78, 5) is 50.7. The summed E-state index contributed by atoms with van der Waals surface area (Å²) in [5, 5.41) is 9.17. The highest BCUT2D eigenvalue weighted by Gasteiger charge is 2.24. The van der Waals surface area contributed by atoms with Crippen molar-refractivity contribution in [3.8, 4) is 22.6 Å². The summed E-state index contributed by atoms with van der Waals surface area (Å²) in [6.07, 6.45) is 0. The van der Waals surface area contributed by atoms with Gasteiger partial charge < -0.3 is 24.3 Å². The van der Waals surface area contributed by atoms with Gasteiger partial charge >= 0.3 is 11.9 Å². The molecule has 12 heteroatoms. The Kier molecular flexibility index (Phi) is 8.25. The van der Waals surface area contributed by atoms with Crippen molar-refractivity contribution in [3.63, 3.8) is 0 Å². The highest BCUT2D eigenvalue weighted by Crippen LogP contribution is 2.39. The predicted molar refractivity (Wildman–Crippen MR) is 145 cm³/mol. The van der Waals surface area contributed by atoms with Crippen LogP contribution < -0.4 is 20.3 Å². The van der Waals surface area contributed by atoms with E-state index in [0.29, 0.717) is 33.4 Å². The third-order valence-corrected chi connectivity index (χ3v) is 6.60. The topological polar surface area (TPSA) is 135 Å². The van der Waals surface area contributed by atoms with Crippen molar-refractivity contribution in [2.45, 2.75) is 6.92 Å². The molecule has 0 atom stereocenters. The van der Waals surface area contributed by atoms with Crippen LogP contribution in [0.4, 0.5) is 5.00 Å². The highest BCUT2D eigenvalue weighted by atomic mass is 32.1. The van der Waals surface area contributed by atoms with Crippen LogP contribution >= 0.6 is 11.3 Å². The third-order valence-electron chi connectivity index (χ3n) is 5.70. The number of hydrogen-bond donors (Lipinski definition) is 1. The number of fused-ring (bicyclic) bond motifs is 1. The zero-order valence-electron chi connectivity index (χ0n) is 21.6. The molecule has 2 heterocycles.